The molecule has 1 rings (SSSR count). The number of aliphatic hydroxyl groups excluding tert-OH is 2. The second kappa shape index (κ2) is 4.50. The molecule has 0 radical (unpaired) electrons. The number of nitrogens with two attached hydrogens (primary N) is 1. The first kappa shape index (κ1) is 11.1. The summed E-state index contributed by atoms with van der Waals surface area (Å²) in [4.78, 5) is 23.5. The van der Waals surface area contributed by atoms with Crippen LogP contribution >= 0.6 is 0 Å². The standard InChI is InChI=1S/C8H14N2O4/c9-6-1-2-7(13)10(8(6)14)3-5(12)4-11/h5-6,11-12H,1-4,9H2. The molecule has 1 saturated heterocycles. The second-order valence-electron chi connectivity index (χ2n) is 3.32. The van der Waals surface area contributed by atoms with Crippen molar-refractivity contribution >= 4 is 11.8 Å². The van der Waals surface area contributed by atoms with Crippen molar-refractivity contribution in [3.63, 3.8) is 0 Å². The molecule has 1 fully saturated rings. The van der Waals surface area contributed by atoms with Crippen molar-refractivity contribution in [2.24, 2.45) is 5.73 Å². The quantitative estimate of drug-likeness (QED) is 0.451. The summed E-state index contributed by atoms with van der Waals surface area (Å²) in [6.45, 7) is -0.659. The molecular weight excluding hydrogens is 188 g/mol. The van der Waals surface area contributed by atoms with Crippen LogP contribution in [0.25, 0.3) is 0 Å². The van der Waals surface area contributed by atoms with E-state index in [0.717, 1.165) is 4.90 Å². The maximum absolute atomic E-state index is 11.4. The highest BCUT2D eigenvalue weighted by Crippen LogP contribution is 2.11. The lowest BCUT2D eigenvalue weighted by Crippen LogP contribution is -2.53. The van der Waals surface area contributed by atoms with Gasteiger partial charge in [0.05, 0.1) is 25.3 Å². The average molecular weight is 202 g/mol. The largest absolute Gasteiger partial charge is 0.394 e. The second-order valence-corrected chi connectivity index (χ2v) is 3.32. The van der Waals surface area contributed by atoms with E-state index in [9.17, 15) is 9.59 Å². The first-order valence-electron chi connectivity index (χ1n) is 4.45. The van der Waals surface area contributed by atoms with Crippen LogP contribution in [0.15, 0.2) is 0 Å². The van der Waals surface area contributed by atoms with E-state index in [1.165, 1.54) is 0 Å². The molecule has 80 valence electrons. The number of likely N-dealkylation sites (tertiary alicyclic amines) is 1. The molecule has 0 spiro atoms. The zero-order valence-electron chi connectivity index (χ0n) is 7.72. The molecule has 0 aliphatic carbocycles. The zero-order valence-corrected chi connectivity index (χ0v) is 7.72. The minimum absolute atomic E-state index is 0.179. The normalized spacial score (nSPS) is 25.4. The topological polar surface area (TPSA) is 104 Å². The zero-order chi connectivity index (χ0) is 10.7. The molecule has 4 N–H and O–H groups in total. The molecule has 2 amide bonds. The average Bonchev–Trinajstić information content (AvgIpc) is 2.18. The first-order chi connectivity index (χ1) is 6.56. The van der Waals surface area contributed by atoms with Crippen molar-refractivity contribution in [3.05, 3.63) is 0 Å². The highest BCUT2D eigenvalue weighted by molar-refractivity contribution is 6.00. The third-order valence-corrected chi connectivity index (χ3v) is 2.16. The summed E-state index contributed by atoms with van der Waals surface area (Å²) in [6.07, 6.45) is -0.526. The lowest BCUT2D eigenvalue weighted by Gasteiger charge is -2.29. The fourth-order valence-corrected chi connectivity index (χ4v) is 1.32. The summed E-state index contributed by atoms with van der Waals surface area (Å²) in [5.41, 5.74) is 5.46. The van der Waals surface area contributed by atoms with Gasteiger partial charge in [-0.2, -0.15) is 0 Å². The third kappa shape index (κ3) is 2.28. The number of aliphatic hydroxyl groups is 2. The molecule has 0 aromatic carbocycles. The fourth-order valence-electron chi connectivity index (χ4n) is 1.32. The van der Waals surface area contributed by atoms with Crippen molar-refractivity contribution in [1.29, 1.82) is 0 Å². The fraction of sp³-hybridized carbons (Fsp3) is 0.750. The predicted octanol–water partition coefficient (Wildman–Crippen LogP) is -2.18. The molecule has 14 heavy (non-hydrogen) atoms. The molecule has 1 aliphatic heterocycles. The first-order valence-corrected chi connectivity index (χ1v) is 4.45. The van der Waals surface area contributed by atoms with E-state index in [2.05, 4.69) is 0 Å². The van der Waals surface area contributed by atoms with Crippen LogP contribution < -0.4 is 5.73 Å². The Kier molecular flexibility index (Phi) is 3.56. The van der Waals surface area contributed by atoms with Gasteiger partial charge in [0.15, 0.2) is 0 Å². The molecule has 0 saturated carbocycles. The van der Waals surface area contributed by atoms with E-state index in [1.807, 2.05) is 0 Å². The van der Waals surface area contributed by atoms with Crippen LogP contribution in [-0.4, -0.2) is 52.2 Å². The predicted molar refractivity (Wildman–Crippen MR) is 47.0 cm³/mol. The molecule has 0 aromatic heterocycles. The molecule has 2 atom stereocenters. The van der Waals surface area contributed by atoms with Gasteiger partial charge in [0.1, 0.15) is 0 Å². The van der Waals surface area contributed by atoms with Gasteiger partial charge in [-0.1, -0.05) is 0 Å². The Morgan fingerprint density at radius 2 is 2.21 bits per heavy atom. The number of piperidine rings is 1. The van der Waals surface area contributed by atoms with Gasteiger partial charge in [0.2, 0.25) is 11.8 Å². The lowest BCUT2D eigenvalue weighted by atomic mass is 10.0. The number of hydrogen-bond acceptors (Lipinski definition) is 5. The molecule has 6 heteroatoms. The number of β-amino-alcohol motifs (C(OH)–C–C–N with tert-alkyl or cyclic N) is 1. The van der Waals surface area contributed by atoms with Gasteiger partial charge < -0.3 is 15.9 Å². The van der Waals surface area contributed by atoms with Gasteiger partial charge in [-0.25, -0.2) is 0 Å². The summed E-state index contributed by atoms with van der Waals surface area (Å²) in [7, 11) is 0. The molecule has 6 nitrogen and oxygen atoms in total. The molecule has 1 aliphatic rings. The van der Waals surface area contributed by atoms with E-state index >= 15 is 0 Å². The summed E-state index contributed by atoms with van der Waals surface area (Å²) in [5.74, 6) is -0.821. The van der Waals surface area contributed by atoms with E-state index in [-0.39, 0.29) is 18.9 Å². The molecule has 2 unspecified atom stereocenters. The number of amides is 2. The van der Waals surface area contributed by atoms with Crippen LogP contribution in [0, 0.1) is 0 Å². The van der Waals surface area contributed by atoms with Crippen molar-refractivity contribution in [1.82, 2.24) is 4.90 Å². The van der Waals surface area contributed by atoms with E-state index in [4.69, 9.17) is 15.9 Å². The minimum Gasteiger partial charge on any atom is -0.394 e. The van der Waals surface area contributed by atoms with Crippen LogP contribution in [0.5, 0.6) is 0 Å². The monoisotopic (exact) mass is 202 g/mol. The van der Waals surface area contributed by atoms with E-state index in [0.29, 0.717) is 6.42 Å². The van der Waals surface area contributed by atoms with Crippen molar-refractivity contribution < 1.29 is 19.8 Å². The van der Waals surface area contributed by atoms with Gasteiger partial charge in [-0.15, -0.1) is 0 Å². The number of carbonyl (C=O) groups excluding carboxylic acids is 2. The molecular formula is C8H14N2O4. The molecule has 0 bridgehead atoms. The van der Waals surface area contributed by atoms with Gasteiger partial charge in [0, 0.05) is 6.42 Å². The Morgan fingerprint density at radius 1 is 1.57 bits per heavy atom. The van der Waals surface area contributed by atoms with Crippen molar-refractivity contribution in [2.45, 2.75) is 25.0 Å². The van der Waals surface area contributed by atoms with Gasteiger partial charge in [-0.05, 0) is 6.42 Å². The maximum atomic E-state index is 11.4. The summed E-state index contributed by atoms with van der Waals surface area (Å²) in [5, 5.41) is 17.7. The SMILES string of the molecule is NC1CCC(=O)N(CC(O)CO)C1=O. The Morgan fingerprint density at radius 3 is 2.79 bits per heavy atom. The molecule has 1 heterocycles. The number of rotatable bonds is 3. The van der Waals surface area contributed by atoms with Gasteiger partial charge in [0.25, 0.3) is 0 Å². The Labute approximate surface area is 81.3 Å². The van der Waals surface area contributed by atoms with Crippen LogP contribution in [0.1, 0.15) is 12.8 Å². The van der Waals surface area contributed by atoms with Crippen LogP contribution in [0.4, 0.5) is 0 Å². The Hall–Kier alpha value is -0.980. The summed E-state index contributed by atoms with van der Waals surface area (Å²) < 4.78 is 0. The van der Waals surface area contributed by atoms with E-state index < -0.39 is 24.7 Å². The van der Waals surface area contributed by atoms with Crippen LogP contribution in [-0.2, 0) is 9.59 Å². The lowest BCUT2D eigenvalue weighted by molar-refractivity contribution is -0.151. The maximum Gasteiger partial charge on any atom is 0.246 e. The van der Waals surface area contributed by atoms with Gasteiger partial charge >= 0.3 is 0 Å². The van der Waals surface area contributed by atoms with Gasteiger partial charge in [-0.3, -0.25) is 14.5 Å². The number of hydrogen-bond donors (Lipinski definition) is 3. The Balaban J connectivity index is 2.63. The van der Waals surface area contributed by atoms with Crippen molar-refractivity contribution in [3.8, 4) is 0 Å². The van der Waals surface area contributed by atoms with Crippen molar-refractivity contribution in [2.75, 3.05) is 13.2 Å². The summed E-state index contributed by atoms with van der Waals surface area (Å²) in [6, 6.07) is -0.668. The highest BCUT2D eigenvalue weighted by Gasteiger charge is 2.32. The molecule has 0 aromatic rings. The minimum atomic E-state index is -1.09. The number of imide groups is 1. The Bertz CT molecular complexity index is 243. The smallest absolute Gasteiger partial charge is 0.246 e. The third-order valence-electron chi connectivity index (χ3n) is 2.16. The van der Waals surface area contributed by atoms with Crippen LogP contribution in [0.2, 0.25) is 0 Å². The number of nitrogens with zero attached hydrogens (tertiary/aromatic N) is 1. The summed E-state index contributed by atoms with van der Waals surface area (Å²) >= 11 is 0. The van der Waals surface area contributed by atoms with Crippen LogP contribution in [0.3, 0.4) is 0 Å². The van der Waals surface area contributed by atoms with E-state index in [1.54, 1.807) is 0 Å². The highest BCUT2D eigenvalue weighted by atomic mass is 16.3. The number of carbonyl (C=O) groups is 2.